The number of amides is 2. The van der Waals surface area contributed by atoms with Gasteiger partial charge in [-0.1, -0.05) is 38.2 Å². The minimum atomic E-state index is -3.48. The maximum Gasteiger partial charge on any atom is 0.255 e. The number of sulfone groups is 1. The highest BCUT2D eigenvalue weighted by atomic mass is 32.2. The van der Waals surface area contributed by atoms with Crippen molar-refractivity contribution in [2.75, 3.05) is 11.6 Å². The molecule has 1 atom stereocenters. The molecule has 2 aliphatic rings. The zero-order valence-corrected chi connectivity index (χ0v) is 18.4. The normalized spacial score (nSPS) is 18.0. The fourth-order valence-corrected chi connectivity index (χ4v) is 5.65. The molecule has 0 bridgehead atoms. The molecule has 0 saturated heterocycles. The number of rotatable bonds is 6. The average Bonchev–Trinajstić information content (AvgIpc) is 3.09. The summed E-state index contributed by atoms with van der Waals surface area (Å²) in [4.78, 5) is 32.2. The summed E-state index contributed by atoms with van der Waals surface area (Å²) in [7, 11) is -3.48. The molecule has 2 amide bonds. The second kappa shape index (κ2) is 8.78. The number of benzene rings is 1. The number of carbonyl (C=O) groups is 2. The minimum absolute atomic E-state index is 0.124. The molecule has 1 aromatic heterocycles. The fraction of sp³-hybridized carbons (Fsp3) is 0.435. The molecule has 1 aliphatic carbocycles. The van der Waals surface area contributed by atoms with Crippen LogP contribution >= 0.6 is 0 Å². The van der Waals surface area contributed by atoms with Crippen LogP contribution in [0.15, 0.2) is 47.6 Å². The quantitative estimate of drug-likeness (QED) is 0.741. The second-order valence-electron chi connectivity index (χ2n) is 8.47. The summed E-state index contributed by atoms with van der Waals surface area (Å²) in [6, 6.07) is 7.51. The number of aromatic nitrogens is 1. The first-order valence-corrected chi connectivity index (χ1v) is 12.6. The lowest BCUT2D eigenvalue weighted by atomic mass is 9.84. The van der Waals surface area contributed by atoms with Crippen molar-refractivity contribution in [3.63, 3.8) is 0 Å². The van der Waals surface area contributed by atoms with E-state index in [0.717, 1.165) is 31.9 Å². The first kappa shape index (κ1) is 21.5. The van der Waals surface area contributed by atoms with E-state index in [1.807, 2.05) is 0 Å². The zero-order chi connectivity index (χ0) is 22.0. The highest BCUT2D eigenvalue weighted by Crippen LogP contribution is 2.34. The Labute approximate surface area is 182 Å². The van der Waals surface area contributed by atoms with Crippen LogP contribution in [0.3, 0.4) is 0 Å². The number of hydrogen-bond donors (Lipinski definition) is 1. The molecule has 2 aromatic rings. The van der Waals surface area contributed by atoms with E-state index >= 15 is 0 Å². The van der Waals surface area contributed by atoms with Crippen LogP contribution in [0, 0.1) is 5.92 Å². The summed E-state index contributed by atoms with van der Waals surface area (Å²) in [5.74, 6) is -0.169. The maximum atomic E-state index is 13.3. The van der Waals surface area contributed by atoms with Gasteiger partial charge in [0.25, 0.3) is 5.91 Å². The molecule has 0 spiro atoms. The van der Waals surface area contributed by atoms with Gasteiger partial charge < -0.3 is 10.2 Å². The van der Waals surface area contributed by atoms with Crippen molar-refractivity contribution in [2.45, 2.75) is 56.0 Å². The van der Waals surface area contributed by atoms with Crippen LogP contribution in [0.1, 0.15) is 54.4 Å². The average molecular weight is 442 g/mol. The Morgan fingerprint density at radius 2 is 1.87 bits per heavy atom. The number of fused-ring (bicyclic) bond motifs is 1. The molecule has 1 aliphatic heterocycles. The molecule has 2 heterocycles. The summed E-state index contributed by atoms with van der Waals surface area (Å²) >= 11 is 0. The SMILES string of the molecule is CS(=O)(=O)c1cccc2c1CN([C@H](CC1CCCCC1)C(=O)Nc1ccncc1)C2=O. The largest absolute Gasteiger partial charge is 0.324 e. The summed E-state index contributed by atoms with van der Waals surface area (Å²) in [6.45, 7) is 0.124. The van der Waals surface area contributed by atoms with Crippen LogP contribution in [-0.4, -0.2) is 42.4 Å². The zero-order valence-electron chi connectivity index (χ0n) is 17.6. The van der Waals surface area contributed by atoms with Gasteiger partial charge in [-0.15, -0.1) is 0 Å². The first-order chi connectivity index (χ1) is 14.8. The molecule has 0 unspecified atom stereocenters. The van der Waals surface area contributed by atoms with Gasteiger partial charge in [0.15, 0.2) is 9.84 Å². The van der Waals surface area contributed by atoms with Gasteiger partial charge in [-0.25, -0.2) is 8.42 Å². The Morgan fingerprint density at radius 3 is 2.55 bits per heavy atom. The summed E-state index contributed by atoms with van der Waals surface area (Å²) < 4.78 is 24.5. The molecule has 1 fully saturated rings. The number of nitrogens with one attached hydrogen (secondary N) is 1. The van der Waals surface area contributed by atoms with Gasteiger partial charge in [-0.3, -0.25) is 14.6 Å². The second-order valence-corrected chi connectivity index (χ2v) is 10.5. The fourth-order valence-electron chi connectivity index (χ4n) is 4.70. The lowest BCUT2D eigenvalue weighted by Crippen LogP contribution is -2.45. The standard InChI is InChI=1S/C23H27N3O4S/c1-31(29,30)21-9-5-8-18-19(21)15-26(23(18)28)20(14-16-6-3-2-4-7-16)22(27)25-17-10-12-24-13-11-17/h5,8-13,16,20H,2-4,6-7,14-15H2,1H3,(H,24,25,27)/t20-/m1/s1. The van der Waals surface area contributed by atoms with Gasteiger partial charge in [-0.2, -0.15) is 0 Å². The first-order valence-electron chi connectivity index (χ1n) is 10.7. The third kappa shape index (κ3) is 4.63. The van der Waals surface area contributed by atoms with Crippen molar-refractivity contribution in [2.24, 2.45) is 5.92 Å². The van der Waals surface area contributed by atoms with Crippen LogP contribution in [-0.2, 0) is 21.2 Å². The van der Waals surface area contributed by atoms with Gasteiger partial charge in [0.2, 0.25) is 5.91 Å². The van der Waals surface area contributed by atoms with E-state index in [1.54, 1.807) is 41.6 Å². The topological polar surface area (TPSA) is 96.4 Å². The van der Waals surface area contributed by atoms with Crippen molar-refractivity contribution >= 4 is 27.3 Å². The molecular formula is C23H27N3O4S. The van der Waals surface area contributed by atoms with E-state index in [1.165, 1.54) is 12.5 Å². The van der Waals surface area contributed by atoms with Gasteiger partial charge in [0, 0.05) is 42.0 Å². The van der Waals surface area contributed by atoms with Gasteiger partial charge >= 0.3 is 0 Å². The molecule has 7 nitrogen and oxygen atoms in total. The third-order valence-corrected chi connectivity index (χ3v) is 7.44. The Hall–Kier alpha value is -2.74. The summed E-state index contributed by atoms with van der Waals surface area (Å²) in [5, 5.41) is 2.91. The van der Waals surface area contributed by atoms with Gasteiger partial charge in [0.1, 0.15) is 6.04 Å². The number of carbonyl (C=O) groups excluding carboxylic acids is 2. The highest BCUT2D eigenvalue weighted by molar-refractivity contribution is 7.90. The molecular weight excluding hydrogens is 414 g/mol. The highest BCUT2D eigenvalue weighted by Gasteiger charge is 2.39. The molecule has 1 saturated carbocycles. The predicted molar refractivity (Wildman–Crippen MR) is 117 cm³/mol. The Morgan fingerprint density at radius 1 is 1.16 bits per heavy atom. The molecule has 164 valence electrons. The van der Waals surface area contributed by atoms with Crippen LogP contribution in [0.4, 0.5) is 5.69 Å². The summed E-state index contributed by atoms with van der Waals surface area (Å²) in [6.07, 6.45) is 10.5. The minimum Gasteiger partial charge on any atom is -0.324 e. The van der Waals surface area contributed by atoms with Crippen molar-refractivity contribution in [1.82, 2.24) is 9.88 Å². The molecule has 1 N–H and O–H groups in total. The third-order valence-electron chi connectivity index (χ3n) is 6.26. The van der Waals surface area contributed by atoms with Crippen LogP contribution in [0.2, 0.25) is 0 Å². The number of hydrogen-bond acceptors (Lipinski definition) is 5. The molecule has 4 rings (SSSR count). The van der Waals surface area contributed by atoms with Gasteiger partial charge in [0.05, 0.1) is 4.90 Å². The van der Waals surface area contributed by atoms with E-state index in [0.29, 0.717) is 29.2 Å². The maximum absolute atomic E-state index is 13.3. The number of pyridine rings is 1. The molecule has 8 heteroatoms. The van der Waals surface area contributed by atoms with Crippen LogP contribution in [0.5, 0.6) is 0 Å². The van der Waals surface area contributed by atoms with Crippen LogP contribution in [0.25, 0.3) is 0 Å². The van der Waals surface area contributed by atoms with Crippen molar-refractivity contribution < 1.29 is 18.0 Å². The van der Waals surface area contributed by atoms with E-state index in [2.05, 4.69) is 10.3 Å². The molecule has 1 aromatic carbocycles. The lowest BCUT2D eigenvalue weighted by Gasteiger charge is -2.31. The van der Waals surface area contributed by atoms with E-state index in [-0.39, 0.29) is 23.3 Å². The van der Waals surface area contributed by atoms with Gasteiger partial charge in [-0.05, 0) is 36.6 Å². The van der Waals surface area contributed by atoms with Crippen molar-refractivity contribution in [1.29, 1.82) is 0 Å². The van der Waals surface area contributed by atoms with Crippen molar-refractivity contribution in [3.05, 3.63) is 53.9 Å². The number of anilines is 1. The van der Waals surface area contributed by atoms with Crippen molar-refractivity contribution in [3.8, 4) is 0 Å². The van der Waals surface area contributed by atoms with E-state index in [4.69, 9.17) is 0 Å². The lowest BCUT2D eigenvalue weighted by molar-refractivity contribution is -0.121. The summed E-state index contributed by atoms with van der Waals surface area (Å²) in [5.41, 5.74) is 1.48. The molecule has 0 radical (unpaired) electrons. The molecule has 31 heavy (non-hydrogen) atoms. The Bertz CT molecular complexity index is 1080. The predicted octanol–water partition coefficient (Wildman–Crippen LogP) is 3.42. The van der Waals surface area contributed by atoms with E-state index in [9.17, 15) is 18.0 Å². The Kier molecular flexibility index (Phi) is 6.09. The number of nitrogens with zero attached hydrogens (tertiary/aromatic N) is 2. The van der Waals surface area contributed by atoms with E-state index < -0.39 is 15.9 Å². The monoisotopic (exact) mass is 441 g/mol. The smallest absolute Gasteiger partial charge is 0.255 e. The van der Waals surface area contributed by atoms with Crippen LogP contribution < -0.4 is 5.32 Å². The Balaban J connectivity index is 1.64.